The normalized spacial score (nSPS) is 11.8. The van der Waals surface area contributed by atoms with Crippen LogP contribution >= 0.6 is 0 Å². The fourth-order valence-corrected chi connectivity index (χ4v) is 2.89. The van der Waals surface area contributed by atoms with E-state index in [9.17, 15) is 9.59 Å². The van der Waals surface area contributed by atoms with Crippen LogP contribution in [0.2, 0.25) is 0 Å². The van der Waals surface area contributed by atoms with Gasteiger partial charge in [0.15, 0.2) is 6.61 Å². The van der Waals surface area contributed by atoms with E-state index >= 15 is 0 Å². The van der Waals surface area contributed by atoms with Crippen LogP contribution in [-0.4, -0.2) is 32.6 Å². The van der Waals surface area contributed by atoms with Crippen molar-refractivity contribution < 1.29 is 14.3 Å². The second-order valence-corrected chi connectivity index (χ2v) is 7.65. The lowest BCUT2D eigenvalue weighted by Crippen LogP contribution is -2.31. The van der Waals surface area contributed by atoms with Crippen LogP contribution in [0.25, 0.3) is 0 Å². The maximum absolute atomic E-state index is 12.1. The van der Waals surface area contributed by atoms with Gasteiger partial charge < -0.3 is 15.0 Å². The van der Waals surface area contributed by atoms with Gasteiger partial charge in [-0.05, 0) is 54.7 Å². The summed E-state index contributed by atoms with van der Waals surface area (Å²) in [6, 6.07) is 15.1. The molecular weight excluding hydrogens is 352 g/mol. The molecule has 0 aromatic heterocycles. The minimum Gasteiger partial charge on any atom is -0.452 e. The highest BCUT2D eigenvalue weighted by Gasteiger charge is 2.13. The Morgan fingerprint density at radius 2 is 1.57 bits per heavy atom. The zero-order valence-electron chi connectivity index (χ0n) is 17.4. The Balaban J connectivity index is 1.83. The number of anilines is 1. The highest BCUT2D eigenvalue weighted by Crippen LogP contribution is 2.16. The van der Waals surface area contributed by atoms with Gasteiger partial charge in [-0.1, -0.05) is 38.1 Å². The van der Waals surface area contributed by atoms with Gasteiger partial charge in [0.25, 0.3) is 5.91 Å². The quantitative estimate of drug-likeness (QED) is 0.702. The van der Waals surface area contributed by atoms with Crippen LogP contribution in [0.5, 0.6) is 0 Å². The van der Waals surface area contributed by atoms with Crippen molar-refractivity contribution in [2.75, 3.05) is 25.6 Å². The zero-order valence-corrected chi connectivity index (χ0v) is 17.4. The number of benzene rings is 2. The minimum atomic E-state index is -0.508. The molecule has 28 heavy (non-hydrogen) atoms. The van der Waals surface area contributed by atoms with Crippen molar-refractivity contribution in [3.8, 4) is 0 Å². The monoisotopic (exact) mass is 382 g/mol. The molecule has 2 rings (SSSR count). The highest BCUT2D eigenvalue weighted by molar-refractivity contribution is 5.91. The van der Waals surface area contributed by atoms with E-state index in [1.165, 1.54) is 5.56 Å². The summed E-state index contributed by atoms with van der Waals surface area (Å²) in [5.74, 6) is -0.222. The fraction of sp³-hybridized carbons (Fsp3) is 0.391. The van der Waals surface area contributed by atoms with E-state index in [-0.39, 0.29) is 18.6 Å². The molecule has 1 atom stereocenters. The predicted molar refractivity (Wildman–Crippen MR) is 113 cm³/mol. The fourth-order valence-electron chi connectivity index (χ4n) is 2.89. The van der Waals surface area contributed by atoms with Gasteiger partial charge in [0.05, 0.1) is 11.6 Å². The third-order valence-electron chi connectivity index (χ3n) is 4.45. The number of carbonyl (C=O) groups is 2. The second-order valence-electron chi connectivity index (χ2n) is 7.65. The van der Waals surface area contributed by atoms with Gasteiger partial charge >= 0.3 is 5.97 Å². The molecule has 0 bridgehead atoms. The Labute approximate surface area is 167 Å². The third-order valence-corrected chi connectivity index (χ3v) is 4.45. The molecule has 1 N–H and O–H groups in total. The molecule has 0 aliphatic heterocycles. The topological polar surface area (TPSA) is 58.6 Å². The zero-order chi connectivity index (χ0) is 20.7. The SMILES string of the molecule is CC(C)Cc1ccc([C@@H](C)NC(=O)COC(=O)c2ccc(N(C)C)cc2)cc1. The van der Waals surface area contributed by atoms with E-state index in [1.54, 1.807) is 12.1 Å². The van der Waals surface area contributed by atoms with Gasteiger partial charge in [-0.3, -0.25) is 4.79 Å². The molecule has 0 aliphatic rings. The van der Waals surface area contributed by atoms with Crippen molar-refractivity contribution in [3.05, 3.63) is 65.2 Å². The number of esters is 1. The van der Waals surface area contributed by atoms with E-state index < -0.39 is 5.97 Å². The van der Waals surface area contributed by atoms with Gasteiger partial charge in [-0.25, -0.2) is 4.79 Å². The van der Waals surface area contributed by atoms with E-state index in [0.717, 1.165) is 17.7 Å². The summed E-state index contributed by atoms with van der Waals surface area (Å²) in [6.45, 7) is 5.99. The van der Waals surface area contributed by atoms with E-state index in [2.05, 4.69) is 31.3 Å². The molecule has 0 fully saturated rings. The van der Waals surface area contributed by atoms with Crippen LogP contribution in [-0.2, 0) is 16.0 Å². The number of hydrogen-bond acceptors (Lipinski definition) is 4. The van der Waals surface area contributed by atoms with Crippen molar-refractivity contribution >= 4 is 17.6 Å². The molecule has 0 aliphatic carbocycles. The number of carbonyl (C=O) groups excluding carboxylic acids is 2. The minimum absolute atomic E-state index is 0.154. The van der Waals surface area contributed by atoms with E-state index in [4.69, 9.17) is 4.74 Å². The maximum atomic E-state index is 12.1. The lowest BCUT2D eigenvalue weighted by atomic mass is 10.00. The summed E-state index contributed by atoms with van der Waals surface area (Å²) in [4.78, 5) is 26.2. The van der Waals surface area contributed by atoms with Crippen molar-refractivity contribution in [1.29, 1.82) is 0 Å². The Morgan fingerprint density at radius 1 is 0.964 bits per heavy atom. The maximum Gasteiger partial charge on any atom is 0.338 e. The largest absolute Gasteiger partial charge is 0.452 e. The van der Waals surface area contributed by atoms with E-state index in [1.807, 2.05) is 50.2 Å². The van der Waals surface area contributed by atoms with Crippen LogP contribution < -0.4 is 10.2 Å². The first-order chi connectivity index (χ1) is 13.3. The standard InChI is InChI=1S/C23H30N2O3/c1-16(2)14-18-6-8-19(9-7-18)17(3)24-22(26)15-28-23(27)20-10-12-21(13-11-20)25(4)5/h6-13,16-17H,14-15H2,1-5H3,(H,24,26)/t17-/m1/s1. The molecular formula is C23H30N2O3. The Hall–Kier alpha value is -2.82. The molecule has 0 heterocycles. The molecule has 0 spiro atoms. The lowest BCUT2D eigenvalue weighted by Gasteiger charge is -2.15. The first-order valence-electron chi connectivity index (χ1n) is 9.59. The number of rotatable bonds is 8. The molecule has 0 unspecified atom stereocenters. The van der Waals surface area contributed by atoms with Gasteiger partial charge in [0, 0.05) is 19.8 Å². The number of amides is 1. The van der Waals surface area contributed by atoms with Crippen LogP contribution in [0.3, 0.4) is 0 Å². The Kier molecular flexibility index (Phi) is 7.61. The molecule has 2 aromatic rings. The van der Waals surface area contributed by atoms with Crippen molar-refractivity contribution in [3.63, 3.8) is 0 Å². The Morgan fingerprint density at radius 3 is 2.11 bits per heavy atom. The number of nitrogens with one attached hydrogen (secondary N) is 1. The molecule has 0 saturated carbocycles. The summed E-state index contributed by atoms with van der Waals surface area (Å²) < 4.78 is 5.13. The summed E-state index contributed by atoms with van der Waals surface area (Å²) >= 11 is 0. The molecule has 2 aromatic carbocycles. The summed E-state index contributed by atoms with van der Waals surface area (Å²) in [7, 11) is 3.85. The van der Waals surface area contributed by atoms with Crippen LogP contribution in [0, 0.1) is 5.92 Å². The lowest BCUT2D eigenvalue weighted by molar-refractivity contribution is -0.124. The first kappa shape index (κ1) is 21.5. The highest BCUT2D eigenvalue weighted by atomic mass is 16.5. The Bertz CT molecular complexity index is 780. The second kappa shape index (κ2) is 9.93. The predicted octanol–water partition coefficient (Wildman–Crippen LogP) is 3.99. The molecule has 5 nitrogen and oxygen atoms in total. The average Bonchev–Trinajstić information content (AvgIpc) is 2.66. The molecule has 150 valence electrons. The van der Waals surface area contributed by atoms with Crippen molar-refractivity contribution in [1.82, 2.24) is 5.32 Å². The first-order valence-corrected chi connectivity index (χ1v) is 9.59. The van der Waals surface area contributed by atoms with Crippen LogP contribution in [0.4, 0.5) is 5.69 Å². The van der Waals surface area contributed by atoms with Gasteiger partial charge in [0.1, 0.15) is 0 Å². The van der Waals surface area contributed by atoms with Crippen LogP contribution in [0.15, 0.2) is 48.5 Å². The summed E-state index contributed by atoms with van der Waals surface area (Å²) in [5, 5.41) is 2.86. The molecule has 5 heteroatoms. The third kappa shape index (κ3) is 6.41. The van der Waals surface area contributed by atoms with Gasteiger partial charge in [-0.15, -0.1) is 0 Å². The van der Waals surface area contributed by atoms with Crippen LogP contribution in [0.1, 0.15) is 48.3 Å². The summed E-state index contributed by atoms with van der Waals surface area (Å²) in [6.07, 6.45) is 1.03. The number of hydrogen-bond donors (Lipinski definition) is 1. The molecule has 0 saturated heterocycles. The summed E-state index contributed by atoms with van der Waals surface area (Å²) in [5.41, 5.74) is 3.72. The average molecular weight is 383 g/mol. The van der Waals surface area contributed by atoms with Crippen molar-refractivity contribution in [2.45, 2.75) is 33.2 Å². The van der Waals surface area contributed by atoms with Gasteiger partial charge in [-0.2, -0.15) is 0 Å². The molecule has 0 radical (unpaired) electrons. The smallest absolute Gasteiger partial charge is 0.338 e. The van der Waals surface area contributed by atoms with E-state index in [0.29, 0.717) is 11.5 Å². The molecule has 1 amide bonds. The van der Waals surface area contributed by atoms with Crippen molar-refractivity contribution in [2.24, 2.45) is 5.92 Å². The number of ether oxygens (including phenoxy) is 1. The van der Waals surface area contributed by atoms with Gasteiger partial charge in [0.2, 0.25) is 0 Å². The number of nitrogens with zero attached hydrogens (tertiary/aromatic N) is 1.